The second kappa shape index (κ2) is 6.51. The van der Waals surface area contributed by atoms with E-state index >= 15 is 0 Å². The van der Waals surface area contributed by atoms with Crippen molar-refractivity contribution in [3.63, 3.8) is 0 Å². The molecule has 0 atom stereocenters. The Hall–Kier alpha value is -2.95. The van der Waals surface area contributed by atoms with Crippen LogP contribution in [0.1, 0.15) is 5.56 Å². The number of benzene rings is 2. The molecule has 0 amide bonds. The van der Waals surface area contributed by atoms with Gasteiger partial charge in [-0.2, -0.15) is 0 Å². The smallest absolute Gasteiger partial charge is 0.203 e. The number of aromatic nitrogens is 1. The van der Waals surface area contributed by atoms with Gasteiger partial charge in [0.25, 0.3) is 0 Å². The normalized spacial score (nSPS) is 10.8. The molecule has 2 aromatic carbocycles. The molecule has 3 aromatic rings. The van der Waals surface area contributed by atoms with Crippen molar-refractivity contribution in [2.24, 2.45) is 7.05 Å². The lowest BCUT2D eigenvalue weighted by atomic mass is 10.0. The fourth-order valence-corrected chi connectivity index (χ4v) is 3.05. The Labute approximate surface area is 146 Å². The van der Waals surface area contributed by atoms with Gasteiger partial charge in [0.1, 0.15) is 0 Å². The largest absolute Gasteiger partial charge is 0.493 e. The van der Waals surface area contributed by atoms with Crippen LogP contribution in [-0.2, 0) is 7.05 Å². The Morgan fingerprint density at radius 2 is 1.56 bits per heavy atom. The zero-order valence-electron chi connectivity index (χ0n) is 15.0. The quantitative estimate of drug-likeness (QED) is 0.729. The van der Waals surface area contributed by atoms with E-state index in [4.69, 9.17) is 14.2 Å². The third-order valence-electron chi connectivity index (χ3n) is 4.32. The van der Waals surface area contributed by atoms with Gasteiger partial charge >= 0.3 is 0 Å². The van der Waals surface area contributed by atoms with Crippen molar-refractivity contribution >= 4 is 10.9 Å². The van der Waals surface area contributed by atoms with Crippen LogP contribution in [0.4, 0.5) is 0 Å². The summed E-state index contributed by atoms with van der Waals surface area (Å²) in [6.07, 6.45) is 1.83. The molecule has 1 heterocycles. The maximum atomic E-state index is 13.1. The highest BCUT2D eigenvalue weighted by atomic mass is 16.5. The van der Waals surface area contributed by atoms with E-state index in [1.807, 2.05) is 42.9 Å². The highest BCUT2D eigenvalue weighted by molar-refractivity contribution is 5.85. The first-order valence-corrected chi connectivity index (χ1v) is 7.90. The lowest BCUT2D eigenvalue weighted by Gasteiger charge is -2.15. The van der Waals surface area contributed by atoms with Gasteiger partial charge in [0.05, 0.1) is 26.8 Å². The van der Waals surface area contributed by atoms with Crippen LogP contribution in [0.15, 0.2) is 41.3 Å². The van der Waals surface area contributed by atoms with Crippen LogP contribution in [0.5, 0.6) is 17.2 Å². The van der Waals surface area contributed by atoms with E-state index < -0.39 is 0 Å². The molecule has 0 N–H and O–H groups in total. The second-order valence-corrected chi connectivity index (χ2v) is 5.92. The standard InChI is InChI=1S/C20H21NO4/c1-12-6-7-16-14(8-12)19(22)15(11-21(16)2)13-9-17(23-3)20(25-5)18(10-13)24-4/h6-11H,1-5H3. The van der Waals surface area contributed by atoms with Gasteiger partial charge in [-0.15, -0.1) is 0 Å². The molecule has 0 saturated heterocycles. The molecule has 0 aliphatic heterocycles. The third kappa shape index (κ3) is 2.82. The number of nitrogens with zero attached hydrogens (tertiary/aromatic N) is 1. The van der Waals surface area contributed by atoms with Crippen LogP contribution in [0.2, 0.25) is 0 Å². The molecule has 0 fully saturated rings. The van der Waals surface area contributed by atoms with E-state index in [2.05, 4.69) is 0 Å². The maximum Gasteiger partial charge on any atom is 0.203 e. The Balaban J connectivity index is 2.33. The summed E-state index contributed by atoms with van der Waals surface area (Å²) in [6, 6.07) is 9.46. The van der Waals surface area contributed by atoms with Crippen LogP contribution in [-0.4, -0.2) is 25.9 Å². The number of methoxy groups -OCH3 is 3. The summed E-state index contributed by atoms with van der Waals surface area (Å²) >= 11 is 0. The van der Waals surface area contributed by atoms with E-state index in [9.17, 15) is 4.79 Å². The third-order valence-corrected chi connectivity index (χ3v) is 4.32. The molecule has 0 unspecified atom stereocenters. The molecule has 0 aliphatic carbocycles. The average Bonchev–Trinajstić information content (AvgIpc) is 2.63. The van der Waals surface area contributed by atoms with E-state index in [1.54, 1.807) is 33.5 Å². The Morgan fingerprint density at radius 1 is 0.920 bits per heavy atom. The zero-order valence-corrected chi connectivity index (χ0v) is 15.0. The van der Waals surface area contributed by atoms with Gasteiger partial charge < -0.3 is 18.8 Å². The number of ether oxygens (including phenoxy) is 3. The first-order chi connectivity index (χ1) is 12.0. The summed E-state index contributed by atoms with van der Waals surface area (Å²) in [5.41, 5.74) is 3.22. The van der Waals surface area contributed by atoms with Crippen LogP contribution >= 0.6 is 0 Å². The first-order valence-electron chi connectivity index (χ1n) is 7.90. The van der Waals surface area contributed by atoms with E-state index in [0.717, 1.165) is 16.6 Å². The summed E-state index contributed by atoms with van der Waals surface area (Å²) in [6.45, 7) is 1.98. The molecule has 0 radical (unpaired) electrons. The molecule has 5 heteroatoms. The highest BCUT2D eigenvalue weighted by Crippen LogP contribution is 2.40. The van der Waals surface area contributed by atoms with Crippen molar-refractivity contribution in [2.75, 3.05) is 21.3 Å². The minimum absolute atomic E-state index is 0.0222. The molecule has 0 aliphatic rings. The van der Waals surface area contributed by atoms with Gasteiger partial charge in [0, 0.05) is 24.2 Å². The van der Waals surface area contributed by atoms with E-state index in [0.29, 0.717) is 28.2 Å². The average molecular weight is 339 g/mol. The van der Waals surface area contributed by atoms with Crippen molar-refractivity contribution in [3.8, 4) is 28.4 Å². The fourth-order valence-electron chi connectivity index (χ4n) is 3.05. The number of rotatable bonds is 4. The summed E-state index contributed by atoms with van der Waals surface area (Å²) in [5, 5.41) is 0.689. The molecule has 5 nitrogen and oxygen atoms in total. The SMILES string of the molecule is COc1cc(-c2cn(C)c3ccc(C)cc3c2=O)cc(OC)c1OC. The Bertz CT molecular complexity index is 979. The van der Waals surface area contributed by atoms with Crippen LogP contribution in [0.3, 0.4) is 0 Å². The summed E-state index contributed by atoms with van der Waals surface area (Å²) in [7, 11) is 6.60. The summed E-state index contributed by atoms with van der Waals surface area (Å²) < 4.78 is 18.1. The van der Waals surface area contributed by atoms with Crippen molar-refractivity contribution < 1.29 is 14.2 Å². The van der Waals surface area contributed by atoms with Gasteiger partial charge in [-0.1, -0.05) is 11.6 Å². The number of hydrogen-bond acceptors (Lipinski definition) is 4. The number of fused-ring (bicyclic) bond motifs is 1. The van der Waals surface area contributed by atoms with Crippen molar-refractivity contribution in [3.05, 3.63) is 52.3 Å². The minimum atomic E-state index is -0.0222. The first kappa shape index (κ1) is 16.9. The number of hydrogen-bond donors (Lipinski definition) is 0. The van der Waals surface area contributed by atoms with Crippen molar-refractivity contribution in [1.82, 2.24) is 4.57 Å². The summed E-state index contributed by atoms with van der Waals surface area (Å²) in [4.78, 5) is 13.1. The van der Waals surface area contributed by atoms with E-state index in [1.165, 1.54) is 0 Å². The predicted octanol–water partition coefficient (Wildman–Crippen LogP) is 3.54. The van der Waals surface area contributed by atoms with Crippen molar-refractivity contribution in [1.29, 1.82) is 0 Å². The van der Waals surface area contributed by atoms with Crippen molar-refractivity contribution in [2.45, 2.75) is 6.92 Å². The predicted molar refractivity (Wildman–Crippen MR) is 99.0 cm³/mol. The van der Waals surface area contributed by atoms with Gasteiger partial charge in [-0.3, -0.25) is 4.79 Å². The maximum absolute atomic E-state index is 13.1. The molecule has 1 aromatic heterocycles. The molecule has 25 heavy (non-hydrogen) atoms. The van der Waals surface area contributed by atoms with E-state index in [-0.39, 0.29) is 5.43 Å². The molecular formula is C20H21NO4. The molecule has 3 rings (SSSR count). The Morgan fingerprint density at radius 3 is 2.12 bits per heavy atom. The van der Waals surface area contributed by atoms with Crippen LogP contribution in [0.25, 0.3) is 22.0 Å². The Kier molecular flexibility index (Phi) is 4.40. The molecule has 0 spiro atoms. The summed E-state index contributed by atoms with van der Waals surface area (Å²) in [5.74, 6) is 1.54. The molecule has 0 bridgehead atoms. The van der Waals surface area contributed by atoms with Gasteiger partial charge in [-0.25, -0.2) is 0 Å². The van der Waals surface area contributed by atoms with Gasteiger partial charge in [-0.05, 0) is 36.8 Å². The van der Waals surface area contributed by atoms with Gasteiger partial charge in [0.15, 0.2) is 16.9 Å². The lowest BCUT2D eigenvalue weighted by Crippen LogP contribution is -2.10. The monoisotopic (exact) mass is 339 g/mol. The zero-order chi connectivity index (χ0) is 18.1. The van der Waals surface area contributed by atoms with Crippen LogP contribution in [0, 0.1) is 6.92 Å². The number of aryl methyl sites for hydroxylation is 2. The molecule has 130 valence electrons. The molecular weight excluding hydrogens is 318 g/mol. The number of pyridine rings is 1. The topological polar surface area (TPSA) is 49.7 Å². The second-order valence-electron chi connectivity index (χ2n) is 5.92. The molecule has 0 saturated carbocycles. The highest BCUT2D eigenvalue weighted by Gasteiger charge is 2.17. The lowest BCUT2D eigenvalue weighted by molar-refractivity contribution is 0.324. The van der Waals surface area contributed by atoms with Gasteiger partial charge in [0.2, 0.25) is 5.75 Å². The minimum Gasteiger partial charge on any atom is -0.493 e. The van der Waals surface area contributed by atoms with Crippen LogP contribution < -0.4 is 19.6 Å². The fraction of sp³-hybridized carbons (Fsp3) is 0.250.